The third-order valence-electron chi connectivity index (χ3n) is 0.869. The van der Waals surface area contributed by atoms with E-state index in [-0.39, 0.29) is 17.0 Å². The highest BCUT2D eigenvalue weighted by Crippen LogP contribution is 1.81. The van der Waals surface area contributed by atoms with Crippen molar-refractivity contribution >= 4 is 39.3 Å². The van der Waals surface area contributed by atoms with Crippen LogP contribution in [-0.4, -0.2) is 16.1 Å². The molecular weight excluding hydrogens is 286 g/mol. The second kappa shape index (κ2) is 10.9. The molecule has 0 aliphatic rings. The Balaban J connectivity index is 0. The summed E-state index contributed by atoms with van der Waals surface area (Å²) in [6, 6.07) is 0. The maximum atomic E-state index is 3.78. The molecule has 0 unspecified atom stereocenters. The molecule has 1 rings (SSSR count). The minimum atomic E-state index is 0. The molecular formula is C7H13Br2N3. The van der Waals surface area contributed by atoms with Crippen LogP contribution in [0.15, 0.2) is 25.3 Å². The van der Waals surface area contributed by atoms with Crippen LogP contribution in [0.4, 0.5) is 0 Å². The minimum Gasteiger partial charge on any atom is -0.314 e. The van der Waals surface area contributed by atoms with Gasteiger partial charge < -0.3 is 4.57 Å². The molecule has 5 heteroatoms. The van der Waals surface area contributed by atoms with Gasteiger partial charge in [-0.2, -0.15) is 0 Å². The molecule has 0 aliphatic carbocycles. The molecule has 0 bridgehead atoms. The number of aromatic nitrogens is 2. The lowest BCUT2D eigenvalue weighted by atomic mass is 10.8. The summed E-state index contributed by atoms with van der Waals surface area (Å²) in [5.74, 6) is 0. The van der Waals surface area contributed by atoms with Gasteiger partial charge in [-0.15, -0.1) is 17.0 Å². The van der Waals surface area contributed by atoms with Gasteiger partial charge in [0.05, 0.1) is 6.33 Å². The number of hydrogen-bond acceptors (Lipinski definition) is 2. The van der Waals surface area contributed by atoms with Crippen LogP contribution in [0.25, 0.3) is 6.20 Å². The summed E-state index contributed by atoms with van der Waals surface area (Å²) in [5, 5.41) is 0. The topological polar surface area (TPSA) is 29.9 Å². The molecule has 12 heavy (non-hydrogen) atoms. The predicted molar refractivity (Wildman–Crippen MR) is 61.5 cm³/mol. The standard InChI is InChI=1S/C5H6N2.C2H6BrN.BrH/c1-2-7-4-3-6-5-7;1-2-4-3;/h2-5H,1H2;4H,2H2,1H3;1H. The van der Waals surface area contributed by atoms with Gasteiger partial charge in [-0.05, 0) is 0 Å². The second-order valence-electron chi connectivity index (χ2n) is 1.68. The first-order chi connectivity index (χ1) is 5.35. The smallest absolute Gasteiger partial charge is 0.0986 e. The van der Waals surface area contributed by atoms with Gasteiger partial charge in [0.15, 0.2) is 0 Å². The van der Waals surface area contributed by atoms with Crippen molar-refractivity contribution < 1.29 is 0 Å². The molecule has 0 atom stereocenters. The van der Waals surface area contributed by atoms with Crippen molar-refractivity contribution in [2.24, 2.45) is 0 Å². The summed E-state index contributed by atoms with van der Waals surface area (Å²) in [7, 11) is 0. The first kappa shape index (κ1) is 14.4. The molecule has 0 fully saturated rings. The van der Waals surface area contributed by atoms with E-state index in [1.54, 1.807) is 23.3 Å². The van der Waals surface area contributed by atoms with E-state index < -0.39 is 0 Å². The van der Waals surface area contributed by atoms with Crippen molar-refractivity contribution in [3.05, 3.63) is 25.3 Å². The highest BCUT2D eigenvalue weighted by atomic mass is 79.9. The Hall–Kier alpha value is -0.130. The lowest BCUT2D eigenvalue weighted by Crippen LogP contribution is -1.90. The van der Waals surface area contributed by atoms with E-state index in [1.165, 1.54) is 0 Å². The van der Waals surface area contributed by atoms with Crippen molar-refractivity contribution in [1.82, 2.24) is 13.9 Å². The van der Waals surface area contributed by atoms with Crippen LogP contribution >= 0.6 is 33.1 Å². The van der Waals surface area contributed by atoms with Gasteiger partial charge in [0.1, 0.15) is 0 Å². The van der Waals surface area contributed by atoms with Gasteiger partial charge in [-0.3, -0.25) is 4.34 Å². The fourth-order valence-electron chi connectivity index (χ4n) is 0.377. The first-order valence-electron chi connectivity index (χ1n) is 3.28. The zero-order valence-corrected chi connectivity index (χ0v) is 10.2. The monoisotopic (exact) mass is 297 g/mol. The van der Waals surface area contributed by atoms with E-state index in [4.69, 9.17) is 0 Å². The fraction of sp³-hybridized carbons (Fsp3) is 0.286. The summed E-state index contributed by atoms with van der Waals surface area (Å²) < 4.78 is 4.52. The number of nitrogens with one attached hydrogen (secondary N) is 1. The van der Waals surface area contributed by atoms with Gasteiger partial charge in [-0.25, -0.2) is 4.98 Å². The molecule has 0 aliphatic heterocycles. The maximum Gasteiger partial charge on any atom is 0.0986 e. The zero-order chi connectivity index (χ0) is 8.53. The quantitative estimate of drug-likeness (QED) is 0.850. The lowest BCUT2D eigenvalue weighted by molar-refractivity contribution is 1.05. The number of hydrogen-bond donors (Lipinski definition) is 1. The molecule has 0 saturated heterocycles. The van der Waals surface area contributed by atoms with E-state index in [9.17, 15) is 0 Å². The summed E-state index contributed by atoms with van der Waals surface area (Å²) in [5.41, 5.74) is 0. The fourth-order valence-corrected chi connectivity index (χ4v) is 0.377. The van der Waals surface area contributed by atoms with E-state index in [0.29, 0.717) is 0 Å². The highest BCUT2D eigenvalue weighted by molar-refractivity contribution is 9.08. The molecule has 1 aromatic heterocycles. The zero-order valence-electron chi connectivity index (χ0n) is 6.90. The van der Waals surface area contributed by atoms with Gasteiger partial charge >= 0.3 is 0 Å². The second-order valence-corrected chi connectivity index (χ2v) is 2.24. The average Bonchev–Trinajstić information content (AvgIpc) is 2.56. The van der Waals surface area contributed by atoms with Crippen molar-refractivity contribution in [3.63, 3.8) is 0 Å². The molecule has 3 nitrogen and oxygen atoms in total. The van der Waals surface area contributed by atoms with E-state index in [0.717, 1.165) is 6.54 Å². The normalized spacial score (nSPS) is 7.50. The Bertz CT molecular complexity index is 173. The molecule has 70 valence electrons. The summed E-state index contributed by atoms with van der Waals surface area (Å²) in [4.78, 5) is 3.78. The van der Waals surface area contributed by atoms with Crippen molar-refractivity contribution in [3.8, 4) is 0 Å². The summed E-state index contributed by atoms with van der Waals surface area (Å²) in [6.45, 7) is 6.53. The first-order valence-corrected chi connectivity index (χ1v) is 4.08. The Morgan fingerprint density at radius 2 is 2.33 bits per heavy atom. The number of nitrogens with zero attached hydrogens (tertiary/aromatic N) is 2. The van der Waals surface area contributed by atoms with Crippen molar-refractivity contribution in [2.45, 2.75) is 6.92 Å². The lowest BCUT2D eigenvalue weighted by Gasteiger charge is -1.80. The molecule has 0 amide bonds. The highest BCUT2D eigenvalue weighted by Gasteiger charge is 1.73. The Morgan fingerprint density at radius 1 is 1.75 bits per heavy atom. The van der Waals surface area contributed by atoms with Crippen LogP contribution in [-0.2, 0) is 0 Å². The average molecular weight is 299 g/mol. The Labute approximate surface area is 92.0 Å². The summed E-state index contributed by atoms with van der Waals surface area (Å²) in [6.07, 6.45) is 6.91. The molecule has 1 heterocycles. The van der Waals surface area contributed by atoms with Crippen LogP contribution < -0.4 is 4.34 Å². The Morgan fingerprint density at radius 3 is 2.50 bits per heavy atom. The molecule has 1 aromatic rings. The third-order valence-corrected chi connectivity index (χ3v) is 1.43. The number of halogens is 2. The van der Waals surface area contributed by atoms with Gasteiger partial charge in [0, 0.05) is 41.3 Å². The van der Waals surface area contributed by atoms with Crippen LogP contribution in [0.2, 0.25) is 0 Å². The molecule has 0 spiro atoms. The SMILES string of the molecule is Br.C=Cn1ccnc1.CCNBr. The van der Waals surface area contributed by atoms with Crippen LogP contribution in [0.1, 0.15) is 6.92 Å². The van der Waals surface area contributed by atoms with Gasteiger partial charge in [0.2, 0.25) is 0 Å². The molecule has 0 radical (unpaired) electrons. The van der Waals surface area contributed by atoms with Crippen LogP contribution in [0.5, 0.6) is 0 Å². The van der Waals surface area contributed by atoms with Crippen LogP contribution in [0.3, 0.4) is 0 Å². The maximum absolute atomic E-state index is 3.78. The molecule has 1 N–H and O–H groups in total. The van der Waals surface area contributed by atoms with Crippen molar-refractivity contribution in [1.29, 1.82) is 0 Å². The molecule has 0 aromatic carbocycles. The number of rotatable bonds is 2. The van der Waals surface area contributed by atoms with Gasteiger partial charge in [-0.1, -0.05) is 13.5 Å². The van der Waals surface area contributed by atoms with Crippen LogP contribution in [0, 0.1) is 0 Å². The molecule has 0 saturated carbocycles. The predicted octanol–water partition coefficient (Wildman–Crippen LogP) is 2.47. The number of imidazole rings is 1. The Kier molecular flexibility index (Phi) is 13.0. The van der Waals surface area contributed by atoms with Crippen molar-refractivity contribution in [2.75, 3.05) is 6.54 Å². The third kappa shape index (κ3) is 7.97. The van der Waals surface area contributed by atoms with E-state index in [1.807, 2.05) is 13.1 Å². The minimum absolute atomic E-state index is 0. The van der Waals surface area contributed by atoms with E-state index in [2.05, 4.69) is 32.1 Å². The van der Waals surface area contributed by atoms with E-state index >= 15 is 0 Å². The van der Waals surface area contributed by atoms with Gasteiger partial charge in [0.25, 0.3) is 0 Å². The largest absolute Gasteiger partial charge is 0.314 e. The summed E-state index contributed by atoms with van der Waals surface area (Å²) >= 11 is 3.00.